The molecule has 3 aromatic rings. The number of unbranched alkanes of at least 4 members (excludes halogenated alkanes) is 8. The molecule has 3 rings (SSSR count). The first-order valence-electron chi connectivity index (χ1n) is 14.3. The van der Waals surface area contributed by atoms with Gasteiger partial charge in [0.1, 0.15) is 5.75 Å². The Hall–Kier alpha value is -2.58. The van der Waals surface area contributed by atoms with Crippen molar-refractivity contribution in [1.29, 1.82) is 0 Å². The van der Waals surface area contributed by atoms with Crippen LogP contribution in [0.25, 0.3) is 22.3 Å². The first kappa shape index (κ1) is 28.0. The predicted molar refractivity (Wildman–Crippen MR) is 155 cm³/mol. The van der Waals surface area contributed by atoms with Crippen LogP contribution < -0.4 is 4.74 Å². The van der Waals surface area contributed by atoms with E-state index in [1.165, 1.54) is 79.2 Å². The van der Waals surface area contributed by atoms with Crippen molar-refractivity contribution in [3.8, 4) is 28.0 Å². The lowest BCUT2D eigenvalue weighted by molar-refractivity contribution is 0.0663. The van der Waals surface area contributed by atoms with Gasteiger partial charge in [-0.1, -0.05) is 126 Å². The highest BCUT2D eigenvalue weighted by atomic mass is 16.5. The highest BCUT2D eigenvalue weighted by Crippen LogP contribution is 2.33. The molecular weight excluding hydrogens is 440 g/mol. The average molecular weight is 487 g/mol. The third-order valence-electron chi connectivity index (χ3n) is 6.87. The van der Waals surface area contributed by atoms with Gasteiger partial charge in [0.15, 0.2) is 0 Å². The highest BCUT2D eigenvalue weighted by molar-refractivity contribution is 5.83. The van der Waals surface area contributed by atoms with Crippen LogP contribution in [0.3, 0.4) is 0 Å². The second-order valence-electron chi connectivity index (χ2n) is 9.88. The third-order valence-corrected chi connectivity index (χ3v) is 6.87. The Kier molecular flexibility index (Phi) is 12.6. The molecule has 0 bridgehead atoms. The van der Waals surface area contributed by atoms with Crippen LogP contribution in [0.4, 0.5) is 0 Å². The monoisotopic (exact) mass is 486 g/mol. The van der Waals surface area contributed by atoms with Gasteiger partial charge in [0.05, 0.1) is 12.7 Å². The molecule has 0 amide bonds. The molecule has 1 atom stereocenters. The van der Waals surface area contributed by atoms with Gasteiger partial charge in [0, 0.05) is 6.61 Å². The molecule has 2 nitrogen and oxygen atoms in total. The maximum Gasteiger partial charge on any atom is 0.119 e. The van der Waals surface area contributed by atoms with Crippen molar-refractivity contribution < 1.29 is 9.47 Å². The van der Waals surface area contributed by atoms with Crippen LogP contribution in [0, 0.1) is 0 Å². The van der Waals surface area contributed by atoms with E-state index >= 15 is 0 Å². The predicted octanol–water partition coefficient (Wildman–Crippen LogP) is 10.4. The van der Waals surface area contributed by atoms with Crippen LogP contribution in [-0.4, -0.2) is 13.2 Å². The van der Waals surface area contributed by atoms with Crippen LogP contribution in [-0.2, 0) is 4.74 Å². The summed E-state index contributed by atoms with van der Waals surface area (Å²) in [5.74, 6) is 0.959. The molecule has 0 radical (unpaired) electrons. The minimum Gasteiger partial charge on any atom is -0.494 e. The Morgan fingerprint density at radius 2 is 1.08 bits per heavy atom. The minimum absolute atomic E-state index is 0.123. The maximum atomic E-state index is 6.02. The molecule has 2 heteroatoms. The van der Waals surface area contributed by atoms with Crippen molar-refractivity contribution in [2.45, 2.75) is 91.1 Å². The van der Waals surface area contributed by atoms with Gasteiger partial charge in [-0.3, -0.25) is 0 Å². The maximum absolute atomic E-state index is 6.02. The molecule has 0 spiro atoms. The van der Waals surface area contributed by atoms with E-state index in [2.05, 4.69) is 93.6 Å². The molecule has 36 heavy (non-hydrogen) atoms. The van der Waals surface area contributed by atoms with Crippen molar-refractivity contribution in [2.24, 2.45) is 0 Å². The molecule has 0 fully saturated rings. The smallest absolute Gasteiger partial charge is 0.119 e. The summed E-state index contributed by atoms with van der Waals surface area (Å²) in [5.41, 5.74) is 6.14. The summed E-state index contributed by atoms with van der Waals surface area (Å²) < 4.78 is 11.9. The van der Waals surface area contributed by atoms with Crippen molar-refractivity contribution in [2.75, 3.05) is 13.2 Å². The fourth-order valence-electron chi connectivity index (χ4n) is 4.64. The second-order valence-corrected chi connectivity index (χ2v) is 9.88. The van der Waals surface area contributed by atoms with E-state index in [4.69, 9.17) is 9.47 Å². The molecule has 0 aromatic heterocycles. The standard InChI is InChI=1S/C34H46O2/c1-4-6-7-8-9-10-11-12-15-27-36-32-24-22-31(23-25-32)34-17-14-13-16-33(34)30-20-18-29(19-21-30)28(3)35-26-5-2/h13-14,16-25,28H,4-12,15,26-27H2,1-3H3. The average Bonchev–Trinajstić information content (AvgIpc) is 2.93. The van der Waals surface area contributed by atoms with Crippen LogP contribution in [0.2, 0.25) is 0 Å². The van der Waals surface area contributed by atoms with Gasteiger partial charge in [-0.25, -0.2) is 0 Å². The van der Waals surface area contributed by atoms with Gasteiger partial charge < -0.3 is 9.47 Å². The molecule has 0 saturated carbocycles. The molecule has 0 aliphatic heterocycles. The quantitative estimate of drug-likeness (QED) is 0.177. The lowest BCUT2D eigenvalue weighted by Gasteiger charge is -2.15. The number of benzene rings is 3. The van der Waals surface area contributed by atoms with Crippen molar-refractivity contribution in [1.82, 2.24) is 0 Å². The fraction of sp³-hybridized carbons (Fsp3) is 0.471. The summed E-state index contributed by atoms with van der Waals surface area (Å²) in [5, 5.41) is 0. The number of rotatable bonds is 17. The third kappa shape index (κ3) is 9.13. The molecule has 1 unspecified atom stereocenters. The Labute approximate surface area is 220 Å². The van der Waals surface area contributed by atoms with Crippen LogP contribution >= 0.6 is 0 Å². The number of ether oxygens (including phenoxy) is 2. The summed E-state index contributed by atoms with van der Waals surface area (Å²) >= 11 is 0. The molecule has 0 N–H and O–H groups in total. The summed E-state index contributed by atoms with van der Waals surface area (Å²) in [6, 6.07) is 26.0. The SMILES string of the molecule is CCCCCCCCCCCOc1ccc(-c2ccccc2-c2ccc(C(C)OCCC)cc2)cc1. The van der Waals surface area contributed by atoms with Crippen LogP contribution in [0.5, 0.6) is 5.75 Å². The molecule has 0 aliphatic carbocycles. The second kappa shape index (κ2) is 16.2. The normalized spacial score (nSPS) is 12.0. The summed E-state index contributed by atoms with van der Waals surface area (Å²) in [6.45, 7) is 8.14. The number of hydrogen-bond acceptors (Lipinski definition) is 2. The van der Waals surface area contributed by atoms with E-state index in [0.29, 0.717) is 0 Å². The van der Waals surface area contributed by atoms with Crippen LogP contribution in [0.1, 0.15) is 96.6 Å². The highest BCUT2D eigenvalue weighted by Gasteiger charge is 2.10. The van der Waals surface area contributed by atoms with Crippen molar-refractivity contribution in [3.05, 3.63) is 78.4 Å². The molecule has 0 saturated heterocycles. The topological polar surface area (TPSA) is 18.5 Å². The summed E-state index contributed by atoms with van der Waals surface area (Å²) in [6.07, 6.45) is 13.2. The zero-order chi connectivity index (χ0) is 25.4. The van der Waals surface area contributed by atoms with Crippen molar-refractivity contribution in [3.63, 3.8) is 0 Å². The zero-order valence-corrected chi connectivity index (χ0v) is 22.8. The molecular formula is C34H46O2. The summed E-state index contributed by atoms with van der Waals surface area (Å²) in [7, 11) is 0. The van der Waals surface area contributed by atoms with Gasteiger partial charge in [-0.05, 0) is 59.7 Å². The van der Waals surface area contributed by atoms with E-state index in [0.717, 1.165) is 31.8 Å². The first-order chi connectivity index (χ1) is 17.7. The Balaban J connectivity index is 1.51. The Morgan fingerprint density at radius 1 is 0.556 bits per heavy atom. The number of hydrogen-bond donors (Lipinski definition) is 0. The zero-order valence-electron chi connectivity index (χ0n) is 22.8. The lowest BCUT2D eigenvalue weighted by atomic mass is 9.94. The first-order valence-corrected chi connectivity index (χ1v) is 14.3. The fourth-order valence-corrected chi connectivity index (χ4v) is 4.64. The van der Waals surface area contributed by atoms with E-state index < -0.39 is 0 Å². The molecule has 0 heterocycles. The van der Waals surface area contributed by atoms with Crippen molar-refractivity contribution >= 4 is 0 Å². The van der Waals surface area contributed by atoms with Gasteiger partial charge >= 0.3 is 0 Å². The van der Waals surface area contributed by atoms with E-state index in [1.54, 1.807) is 0 Å². The van der Waals surface area contributed by atoms with E-state index in [9.17, 15) is 0 Å². The van der Waals surface area contributed by atoms with Gasteiger partial charge in [-0.2, -0.15) is 0 Å². The largest absolute Gasteiger partial charge is 0.494 e. The van der Waals surface area contributed by atoms with E-state index in [-0.39, 0.29) is 6.10 Å². The van der Waals surface area contributed by atoms with Crippen LogP contribution in [0.15, 0.2) is 72.8 Å². The summed E-state index contributed by atoms with van der Waals surface area (Å²) in [4.78, 5) is 0. The van der Waals surface area contributed by atoms with Gasteiger partial charge in [-0.15, -0.1) is 0 Å². The molecule has 3 aromatic carbocycles. The molecule has 0 aliphatic rings. The lowest BCUT2D eigenvalue weighted by Crippen LogP contribution is -2.00. The van der Waals surface area contributed by atoms with E-state index in [1.807, 2.05) is 0 Å². The van der Waals surface area contributed by atoms with Gasteiger partial charge in [0.25, 0.3) is 0 Å². The minimum atomic E-state index is 0.123. The Morgan fingerprint density at radius 3 is 1.64 bits per heavy atom. The molecule has 194 valence electrons. The Bertz CT molecular complexity index is 975. The van der Waals surface area contributed by atoms with Gasteiger partial charge in [0.2, 0.25) is 0 Å².